The summed E-state index contributed by atoms with van der Waals surface area (Å²) in [6.07, 6.45) is 2.65. The second-order valence-corrected chi connectivity index (χ2v) is 4.32. The van der Waals surface area contributed by atoms with Crippen molar-refractivity contribution in [2.24, 2.45) is 4.99 Å². The third-order valence-electron chi connectivity index (χ3n) is 2.81. The van der Waals surface area contributed by atoms with Gasteiger partial charge in [0.25, 0.3) is 0 Å². The molecule has 0 saturated heterocycles. The summed E-state index contributed by atoms with van der Waals surface area (Å²) >= 11 is 5.74. The molecule has 6 heteroatoms. The van der Waals surface area contributed by atoms with Gasteiger partial charge in [0, 0.05) is 18.3 Å². The van der Waals surface area contributed by atoms with Crippen LogP contribution >= 0.6 is 11.6 Å². The summed E-state index contributed by atoms with van der Waals surface area (Å²) in [6, 6.07) is 4.19. The van der Waals surface area contributed by atoms with Crippen LogP contribution in [-0.4, -0.2) is 29.8 Å². The number of hydrogen-bond donors (Lipinski definition) is 2. The average Bonchev–Trinajstić information content (AvgIpc) is 2.76. The van der Waals surface area contributed by atoms with Crippen molar-refractivity contribution < 1.29 is 4.39 Å². The van der Waals surface area contributed by atoms with Crippen molar-refractivity contribution in [3.05, 3.63) is 40.3 Å². The second-order valence-electron chi connectivity index (χ2n) is 3.91. The van der Waals surface area contributed by atoms with Crippen LogP contribution in [-0.2, 0) is 0 Å². The molecule has 19 heavy (non-hydrogen) atoms. The molecule has 4 nitrogen and oxygen atoms in total. The SMILES string of the molecule is CCN1C=N/C(=C(/C=N)c2ccc(F)c(Cl)c2)C1=N. The molecule has 2 rings (SSSR count). The van der Waals surface area contributed by atoms with E-state index in [4.69, 9.17) is 22.4 Å². The maximum absolute atomic E-state index is 13.2. The van der Waals surface area contributed by atoms with Crippen molar-refractivity contribution in [2.75, 3.05) is 6.54 Å². The van der Waals surface area contributed by atoms with E-state index in [2.05, 4.69) is 4.99 Å². The van der Waals surface area contributed by atoms with E-state index in [-0.39, 0.29) is 10.9 Å². The Bertz CT molecular complexity index is 607. The standard InChI is InChI=1S/C13H12ClFN4/c1-2-19-7-18-12(13(19)17)9(6-16)8-3-4-11(15)10(14)5-8/h3-7,16-17H,2H2,1H3/b12-9-,16-6?,17-13?. The van der Waals surface area contributed by atoms with E-state index >= 15 is 0 Å². The summed E-state index contributed by atoms with van der Waals surface area (Å²) in [6.45, 7) is 2.53. The van der Waals surface area contributed by atoms with Gasteiger partial charge in [0.05, 0.1) is 11.4 Å². The first kappa shape index (κ1) is 13.4. The van der Waals surface area contributed by atoms with Gasteiger partial charge >= 0.3 is 0 Å². The van der Waals surface area contributed by atoms with E-state index in [0.29, 0.717) is 23.4 Å². The van der Waals surface area contributed by atoms with Crippen molar-refractivity contribution in [3.63, 3.8) is 0 Å². The minimum absolute atomic E-state index is 0.0155. The van der Waals surface area contributed by atoms with Crippen LogP contribution in [0.2, 0.25) is 5.02 Å². The lowest BCUT2D eigenvalue weighted by Gasteiger charge is -2.12. The Labute approximate surface area is 115 Å². The Morgan fingerprint density at radius 2 is 2.26 bits per heavy atom. The van der Waals surface area contributed by atoms with Crippen molar-refractivity contribution in [3.8, 4) is 0 Å². The summed E-state index contributed by atoms with van der Waals surface area (Å²) in [7, 11) is 0. The first-order valence-electron chi connectivity index (χ1n) is 5.68. The lowest BCUT2D eigenvalue weighted by molar-refractivity contribution is 0.628. The fraction of sp³-hybridized carbons (Fsp3) is 0.154. The van der Waals surface area contributed by atoms with E-state index in [1.54, 1.807) is 11.2 Å². The largest absolute Gasteiger partial charge is 0.316 e. The maximum Gasteiger partial charge on any atom is 0.153 e. The van der Waals surface area contributed by atoms with E-state index in [9.17, 15) is 4.39 Å². The van der Waals surface area contributed by atoms with Crippen LogP contribution in [0.1, 0.15) is 12.5 Å². The number of aliphatic imine (C=N–C) groups is 1. The number of nitrogens with one attached hydrogen (secondary N) is 2. The van der Waals surface area contributed by atoms with Crippen LogP contribution in [0, 0.1) is 16.6 Å². The molecule has 0 aliphatic carbocycles. The molecule has 0 atom stereocenters. The van der Waals surface area contributed by atoms with E-state index < -0.39 is 5.82 Å². The highest BCUT2D eigenvalue weighted by molar-refractivity contribution is 6.31. The number of nitrogens with zero attached hydrogens (tertiary/aromatic N) is 2. The number of benzene rings is 1. The Hall–Kier alpha value is -2.01. The second kappa shape index (κ2) is 5.32. The van der Waals surface area contributed by atoms with Crippen molar-refractivity contribution in [2.45, 2.75) is 6.92 Å². The normalized spacial score (nSPS) is 17.0. The summed E-state index contributed by atoms with van der Waals surface area (Å²) in [5, 5.41) is 15.4. The number of likely N-dealkylation sites (N-methyl/N-ethyl adjacent to an activating group) is 1. The van der Waals surface area contributed by atoms with Crippen LogP contribution in [0.3, 0.4) is 0 Å². The molecular weight excluding hydrogens is 267 g/mol. The van der Waals surface area contributed by atoms with Gasteiger partial charge in [0.2, 0.25) is 0 Å². The van der Waals surface area contributed by atoms with Gasteiger partial charge in [-0.1, -0.05) is 17.7 Å². The monoisotopic (exact) mass is 278 g/mol. The molecule has 0 amide bonds. The number of rotatable bonds is 3. The topological polar surface area (TPSA) is 63.3 Å². The minimum Gasteiger partial charge on any atom is -0.316 e. The Balaban J connectivity index is 2.51. The van der Waals surface area contributed by atoms with Crippen LogP contribution in [0.5, 0.6) is 0 Å². The van der Waals surface area contributed by atoms with Crippen molar-refractivity contribution in [1.29, 1.82) is 10.8 Å². The smallest absolute Gasteiger partial charge is 0.153 e. The quantitative estimate of drug-likeness (QED) is 0.820. The van der Waals surface area contributed by atoms with Gasteiger partial charge in [-0.25, -0.2) is 9.38 Å². The average molecular weight is 279 g/mol. The maximum atomic E-state index is 13.2. The fourth-order valence-corrected chi connectivity index (χ4v) is 1.95. The molecular formula is C13H12ClFN4. The molecule has 1 aliphatic rings. The van der Waals surface area contributed by atoms with Crippen LogP contribution in [0.15, 0.2) is 28.9 Å². The number of allylic oxidation sites excluding steroid dienone is 1. The van der Waals surface area contributed by atoms with E-state index in [0.717, 1.165) is 6.21 Å². The summed E-state index contributed by atoms with van der Waals surface area (Å²) in [4.78, 5) is 5.79. The van der Waals surface area contributed by atoms with Crippen LogP contribution < -0.4 is 0 Å². The zero-order chi connectivity index (χ0) is 14.0. The fourth-order valence-electron chi connectivity index (χ4n) is 1.77. The van der Waals surface area contributed by atoms with Gasteiger partial charge in [-0.15, -0.1) is 0 Å². The summed E-state index contributed by atoms with van der Waals surface area (Å²) < 4.78 is 13.2. The molecule has 0 unspecified atom stereocenters. The third-order valence-corrected chi connectivity index (χ3v) is 3.10. The van der Waals surface area contributed by atoms with Crippen molar-refractivity contribution >= 4 is 35.6 Å². The number of hydrogen-bond acceptors (Lipinski definition) is 3. The molecule has 0 fully saturated rings. The Kier molecular flexibility index (Phi) is 3.76. The zero-order valence-electron chi connectivity index (χ0n) is 10.2. The molecule has 0 spiro atoms. The molecule has 2 N–H and O–H groups in total. The molecule has 0 radical (unpaired) electrons. The van der Waals surface area contributed by atoms with Gasteiger partial charge in [0.1, 0.15) is 11.5 Å². The third kappa shape index (κ3) is 2.42. The summed E-state index contributed by atoms with van der Waals surface area (Å²) in [5.41, 5.74) is 1.40. The first-order chi connectivity index (χ1) is 9.08. The highest BCUT2D eigenvalue weighted by Gasteiger charge is 2.21. The predicted molar refractivity (Wildman–Crippen MR) is 75.7 cm³/mol. The highest BCUT2D eigenvalue weighted by Crippen LogP contribution is 2.25. The van der Waals surface area contributed by atoms with Gasteiger partial charge < -0.3 is 10.3 Å². The molecule has 0 saturated carbocycles. The van der Waals surface area contributed by atoms with E-state index in [1.807, 2.05) is 6.92 Å². The number of halogens is 2. The van der Waals surface area contributed by atoms with Gasteiger partial charge in [0.15, 0.2) is 5.84 Å². The molecule has 1 heterocycles. The first-order valence-corrected chi connectivity index (χ1v) is 6.06. The van der Waals surface area contributed by atoms with Gasteiger partial charge in [-0.3, -0.25) is 5.41 Å². The minimum atomic E-state index is -0.514. The molecule has 0 bridgehead atoms. The zero-order valence-corrected chi connectivity index (χ0v) is 11.0. The molecule has 1 aromatic rings. The predicted octanol–water partition coefficient (Wildman–Crippen LogP) is 3.18. The lowest BCUT2D eigenvalue weighted by Crippen LogP contribution is -2.24. The van der Waals surface area contributed by atoms with Gasteiger partial charge in [-0.05, 0) is 24.6 Å². The van der Waals surface area contributed by atoms with Crippen LogP contribution in [0.4, 0.5) is 4.39 Å². The molecule has 1 aromatic carbocycles. The van der Waals surface area contributed by atoms with Gasteiger partial charge in [-0.2, -0.15) is 0 Å². The summed E-state index contributed by atoms with van der Waals surface area (Å²) in [5.74, 6) is -0.290. The number of amidine groups is 1. The molecule has 1 aliphatic heterocycles. The Morgan fingerprint density at radius 1 is 1.53 bits per heavy atom. The van der Waals surface area contributed by atoms with E-state index in [1.165, 1.54) is 18.2 Å². The molecule has 0 aromatic heterocycles. The van der Waals surface area contributed by atoms with Crippen LogP contribution in [0.25, 0.3) is 5.57 Å². The lowest BCUT2D eigenvalue weighted by atomic mass is 10.0. The Morgan fingerprint density at radius 3 is 2.79 bits per heavy atom. The highest BCUT2D eigenvalue weighted by atomic mass is 35.5. The molecule has 98 valence electrons. The van der Waals surface area contributed by atoms with Crippen molar-refractivity contribution in [1.82, 2.24) is 4.90 Å².